The number of halogens is 1. The lowest BCUT2D eigenvalue weighted by molar-refractivity contribution is -0.136. The molecule has 0 unspecified atom stereocenters. The normalized spacial score (nSPS) is 22.6. The summed E-state index contributed by atoms with van der Waals surface area (Å²) in [5, 5.41) is 9.96. The number of aliphatic imine (C=N–C) groups is 1. The zero-order chi connectivity index (χ0) is 19.9. The number of thioether (sulfide) groups is 1. The molecule has 29 heavy (non-hydrogen) atoms. The van der Waals surface area contributed by atoms with Crippen LogP contribution in [0.4, 0.5) is 5.13 Å². The molecular weight excluding hydrogens is 519 g/mol. The molecule has 3 rings (SSSR count). The highest BCUT2D eigenvalue weighted by Gasteiger charge is 2.30. The quantitative estimate of drug-likeness (QED) is 0.333. The molecule has 0 radical (unpaired) electrons. The number of carbonyl (C=O) groups is 1. The summed E-state index contributed by atoms with van der Waals surface area (Å²) < 4.78 is 0. The number of hydrogen-bond donors (Lipinski definition) is 2. The maximum atomic E-state index is 12.7. The molecular formula is C19H33IN6OS2. The summed E-state index contributed by atoms with van der Waals surface area (Å²) in [6, 6.07) is 0.375. The van der Waals surface area contributed by atoms with E-state index in [0.717, 1.165) is 67.1 Å². The maximum Gasteiger partial charge on any atom is 0.225 e. The summed E-state index contributed by atoms with van der Waals surface area (Å²) in [5.74, 6) is 3.55. The van der Waals surface area contributed by atoms with E-state index in [1.165, 1.54) is 0 Å². The summed E-state index contributed by atoms with van der Waals surface area (Å²) >= 11 is 3.59. The molecule has 7 nitrogen and oxygen atoms in total. The van der Waals surface area contributed by atoms with Crippen LogP contribution in [0.1, 0.15) is 31.4 Å². The molecule has 2 N–H and O–H groups in total. The van der Waals surface area contributed by atoms with Crippen molar-refractivity contribution in [3.8, 4) is 0 Å². The third kappa shape index (κ3) is 7.16. The van der Waals surface area contributed by atoms with Gasteiger partial charge in [0.1, 0.15) is 0 Å². The van der Waals surface area contributed by atoms with Crippen LogP contribution in [0.3, 0.4) is 0 Å². The molecule has 0 aromatic carbocycles. The highest BCUT2D eigenvalue weighted by Crippen LogP contribution is 2.27. The summed E-state index contributed by atoms with van der Waals surface area (Å²) in [4.78, 5) is 25.7. The largest absolute Gasteiger partial charge is 0.354 e. The second kappa shape index (κ2) is 12.2. The molecule has 1 aliphatic heterocycles. The number of amides is 1. The first-order valence-electron chi connectivity index (χ1n) is 10.0. The fourth-order valence-corrected chi connectivity index (χ4v) is 5.33. The minimum Gasteiger partial charge on any atom is -0.354 e. The van der Waals surface area contributed by atoms with Crippen molar-refractivity contribution in [1.29, 1.82) is 0 Å². The van der Waals surface area contributed by atoms with E-state index in [2.05, 4.69) is 30.9 Å². The Morgan fingerprint density at radius 1 is 1.28 bits per heavy atom. The molecule has 164 valence electrons. The number of rotatable bonds is 5. The number of nitrogens with one attached hydrogen (secondary N) is 2. The second-order valence-corrected chi connectivity index (χ2v) is 9.63. The van der Waals surface area contributed by atoms with E-state index in [1.807, 2.05) is 30.8 Å². The molecule has 2 aliphatic rings. The molecule has 0 atom stereocenters. The maximum absolute atomic E-state index is 12.7. The molecule has 2 fully saturated rings. The van der Waals surface area contributed by atoms with Crippen molar-refractivity contribution in [3.63, 3.8) is 0 Å². The zero-order valence-corrected chi connectivity index (χ0v) is 21.5. The van der Waals surface area contributed by atoms with Crippen molar-refractivity contribution in [2.24, 2.45) is 10.9 Å². The Hall–Kier alpha value is -0.750. The smallest absolute Gasteiger partial charge is 0.225 e. The van der Waals surface area contributed by atoms with Crippen LogP contribution in [0.2, 0.25) is 0 Å². The first-order valence-corrected chi connectivity index (χ1v) is 12.1. The van der Waals surface area contributed by atoms with E-state index in [4.69, 9.17) is 0 Å². The summed E-state index contributed by atoms with van der Waals surface area (Å²) in [5.41, 5.74) is 1.02. The zero-order valence-electron chi connectivity index (χ0n) is 17.5. The van der Waals surface area contributed by atoms with Gasteiger partial charge in [-0.3, -0.25) is 9.79 Å². The van der Waals surface area contributed by atoms with Gasteiger partial charge in [-0.1, -0.05) is 0 Å². The van der Waals surface area contributed by atoms with Crippen molar-refractivity contribution in [3.05, 3.63) is 11.1 Å². The van der Waals surface area contributed by atoms with Crippen LogP contribution in [0.15, 0.2) is 10.4 Å². The molecule has 1 amide bonds. The summed E-state index contributed by atoms with van der Waals surface area (Å²) in [6.07, 6.45) is 3.97. The lowest BCUT2D eigenvalue weighted by atomic mass is 9.85. The van der Waals surface area contributed by atoms with Crippen LogP contribution in [0.25, 0.3) is 0 Å². The monoisotopic (exact) mass is 552 g/mol. The van der Waals surface area contributed by atoms with Crippen LogP contribution in [-0.4, -0.2) is 73.5 Å². The van der Waals surface area contributed by atoms with Crippen molar-refractivity contribution in [2.45, 2.75) is 38.3 Å². The topological polar surface area (TPSA) is 72.9 Å². The number of hydrogen-bond acceptors (Lipinski definition) is 6. The van der Waals surface area contributed by atoms with Crippen molar-refractivity contribution in [1.82, 2.24) is 20.5 Å². The fourth-order valence-electron chi connectivity index (χ4n) is 3.67. The SMILES string of the molecule is CN=C(NCc1csc(N(C)C)n1)NC1CCC(C(=O)N2CCSCC2)CC1.I. The van der Waals surface area contributed by atoms with Gasteiger partial charge in [0.15, 0.2) is 11.1 Å². The van der Waals surface area contributed by atoms with E-state index >= 15 is 0 Å². The Labute approximate surface area is 199 Å². The average molecular weight is 553 g/mol. The van der Waals surface area contributed by atoms with Crippen LogP contribution in [-0.2, 0) is 11.3 Å². The van der Waals surface area contributed by atoms with Crippen LogP contribution >= 0.6 is 47.1 Å². The van der Waals surface area contributed by atoms with Crippen LogP contribution in [0, 0.1) is 5.92 Å². The average Bonchev–Trinajstić information content (AvgIpc) is 3.21. The van der Waals surface area contributed by atoms with Crippen molar-refractivity contribution < 1.29 is 4.79 Å². The van der Waals surface area contributed by atoms with Crippen molar-refractivity contribution in [2.75, 3.05) is 50.6 Å². The molecule has 1 saturated carbocycles. The number of nitrogens with zero attached hydrogens (tertiary/aromatic N) is 4. The van der Waals surface area contributed by atoms with Gasteiger partial charge in [-0.15, -0.1) is 35.3 Å². The Kier molecular flexibility index (Phi) is 10.3. The van der Waals surface area contributed by atoms with Gasteiger partial charge in [0.25, 0.3) is 0 Å². The number of guanidine groups is 1. The van der Waals surface area contributed by atoms with Crippen LogP contribution in [0.5, 0.6) is 0 Å². The molecule has 1 aromatic rings. The number of aromatic nitrogens is 1. The second-order valence-electron chi connectivity index (χ2n) is 7.57. The van der Waals surface area contributed by atoms with Gasteiger partial charge in [0.05, 0.1) is 12.2 Å². The molecule has 2 heterocycles. The predicted molar refractivity (Wildman–Crippen MR) is 135 cm³/mol. The first-order chi connectivity index (χ1) is 13.6. The summed E-state index contributed by atoms with van der Waals surface area (Å²) in [7, 11) is 5.80. The Morgan fingerprint density at radius 2 is 1.97 bits per heavy atom. The van der Waals surface area contributed by atoms with E-state index in [9.17, 15) is 4.79 Å². The van der Waals surface area contributed by atoms with Gasteiger partial charge >= 0.3 is 0 Å². The predicted octanol–water partition coefficient (Wildman–Crippen LogP) is 2.63. The van der Waals surface area contributed by atoms with Gasteiger partial charge < -0.3 is 20.4 Å². The van der Waals surface area contributed by atoms with E-state index in [-0.39, 0.29) is 29.9 Å². The van der Waals surface area contributed by atoms with E-state index in [0.29, 0.717) is 18.5 Å². The van der Waals surface area contributed by atoms with E-state index in [1.54, 1.807) is 18.4 Å². The minimum absolute atomic E-state index is 0. The molecule has 1 aliphatic carbocycles. The first kappa shape index (κ1) is 24.5. The minimum atomic E-state index is 0. The van der Waals surface area contributed by atoms with Gasteiger partial charge in [-0.2, -0.15) is 11.8 Å². The fraction of sp³-hybridized carbons (Fsp3) is 0.737. The summed E-state index contributed by atoms with van der Waals surface area (Å²) in [6.45, 7) is 2.50. The van der Waals surface area contributed by atoms with Gasteiger partial charge in [0.2, 0.25) is 5.91 Å². The molecule has 1 saturated heterocycles. The molecule has 1 aromatic heterocycles. The molecule has 0 spiro atoms. The highest BCUT2D eigenvalue weighted by molar-refractivity contribution is 14.0. The van der Waals surface area contributed by atoms with Crippen LogP contribution < -0.4 is 15.5 Å². The van der Waals surface area contributed by atoms with E-state index < -0.39 is 0 Å². The lowest BCUT2D eigenvalue weighted by Crippen LogP contribution is -2.47. The number of carbonyl (C=O) groups excluding carboxylic acids is 1. The Morgan fingerprint density at radius 3 is 2.55 bits per heavy atom. The van der Waals surface area contributed by atoms with Crippen molar-refractivity contribution >= 4 is 64.1 Å². The number of anilines is 1. The Balaban J connectivity index is 0.00000300. The van der Waals surface area contributed by atoms with Gasteiger partial charge in [-0.25, -0.2) is 4.98 Å². The third-order valence-corrected chi connectivity index (χ3v) is 7.32. The van der Waals surface area contributed by atoms with Gasteiger partial charge in [-0.05, 0) is 25.7 Å². The van der Waals surface area contributed by atoms with Gasteiger partial charge in [0, 0.05) is 63.1 Å². The Bertz CT molecular complexity index is 669. The highest BCUT2D eigenvalue weighted by atomic mass is 127. The molecule has 10 heteroatoms. The lowest BCUT2D eigenvalue weighted by Gasteiger charge is -2.34. The third-order valence-electron chi connectivity index (χ3n) is 5.32. The standard InChI is InChI=1S/C19H32N6OS2.HI/c1-20-18(21-12-16-13-28-19(23-16)24(2)3)22-15-6-4-14(5-7-15)17(26)25-8-10-27-11-9-25;/h13-15H,4-12H2,1-3H3,(H2,20,21,22);1H. The molecule has 0 bridgehead atoms. The number of thiazole rings is 1.